The molecule has 0 spiro atoms. The molecule has 3 heteroatoms. The molecule has 1 unspecified atom stereocenters. The molecule has 0 amide bonds. The molecule has 1 atom stereocenters. The second-order valence-corrected chi connectivity index (χ2v) is 5.66. The third-order valence-electron chi connectivity index (χ3n) is 3.93. The van der Waals surface area contributed by atoms with Crippen molar-refractivity contribution in [2.75, 3.05) is 26.2 Å². The van der Waals surface area contributed by atoms with E-state index in [0.717, 1.165) is 12.5 Å². The predicted molar refractivity (Wildman–Crippen MR) is 68.6 cm³/mol. The Morgan fingerprint density at radius 3 is 2.38 bits per heavy atom. The van der Waals surface area contributed by atoms with Crippen molar-refractivity contribution in [3.05, 3.63) is 0 Å². The number of hydrogen-bond acceptors (Lipinski definition) is 3. The molecular formula is C13H28N2O. The van der Waals surface area contributed by atoms with Crippen molar-refractivity contribution in [1.29, 1.82) is 0 Å². The SMILES string of the molecule is CCN1CCC(CNC(C)C(C)(C)O)CC1. The highest BCUT2D eigenvalue weighted by Gasteiger charge is 2.24. The van der Waals surface area contributed by atoms with Crippen molar-refractivity contribution in [2.45, 2.75) is 52.2 Å². The number of aliphatic hydroxyl groups is 1. The minimum absolute atomic E-state index is 0.164. The molecule has 1 aliphatic heterocycles. The maximum atomic E-state index is 9.83. The van der Waals surface area contributed by atoms with Gasteiger partial charge in [0, 0.05) is 6.04 Å². The molecule has 1 saturated heterocycles. The van der Waals surface area contributed by atoms with Crippen LogP contribution in [0.25, 0.3) is 0 Å². The lowest BCUT2D eigenvalue weighted by Crippen LogP contribution is -2.47. The topological polar surface area (TPSA) is 35.5 Å². The Kier molecular flexibility index (Phi) is 5.22. The van der Waals surface area contributed by atoms with E-state index in [9.17, 15) is 5.11 Å². The molecule has 1 aliphatic rings. The molecular weight excluding hydrogens is 200 g/mol. The van der Waals surface area contributed by atoms with Gasteiger partial charge in [0.1, 0.15) is 0 Å². The van der Waals surface area contributed by atoms with E-state index in [1.54, 1.807) is 0 Å². The van der Waals surface area contributed by atoms with E-state index in [1.807, 2.05) is 13.8 Å². The second-order valence-electron chi connectivity index (χ2n) is 5.66. The van der Waals surface area contributed by atoms with Crippen molar-refractivity contribution >= 4 is 0 Å². The van der Waals surface area contributed by atoms with Gasteiger partial charge in [-0.2, -0.15) is 0 Å². The van der Waals surface area contributed by atoms with Crippen LogP contribution in [0, 0.1) is 5.92 Å². The van der Waals surface area contributed by atoms with Crippen LogP contribution in [0.15, 0.2) is 0 Å². The van der Waals surface area contributed by atoms with Crippen LogP contribution in [-0.4, -0.2) is 47.8 Å². The highest BCUT2D eigenvalue weighted by atomic mass is 16.3. The Morgan fingerprint density at radius 1 is 1.38 bits per heavy atom. The lowest BCUT2D eigenvalue weighted by atomic mass is 9.95. The van der Waals surface area contributed by atoms with E-state index in [2.05, 4.69) is 24.1 Å². The van der Waals surface area contributed by atoms with E-state index in [1.165, 1.54) is 32.5 Å². The minimum atomic E-state index is -0.621. The molecule has 0 aliphatic carbocycles. The molecule has 0 aromatic rings. The predicted octanol–water partition coefficient (Wildman–Crippen LogP) is 1.47. The normalized spacial score (nSPS) is 22.3. The van der Waals surface area contributed by atoms with Crippen LogP contribution in [0.1, 0.15) is 40.5 Å². The van der Waals surface area contributed by atoms with Gasteiger partial charge >= 0.3 is 0 Å². The zero-order valence-electron chi connectivity index (χ0n) is 11.3. The zero-order chi connectivity index (χ0) is 12.2. The molecule has 2 N–H and O–H groups in total. The monoisotopic (exact) mass is 228 g/mol. The Bertz CT molecular complexity index is 193. The van der Waals surface area contributed by atoms with E-state index < -0.39 is 5.60 Å². The summed E-state index contributed by atoms with van der Waals surface area (Å²) in [5, 5.41) is 13.3. The molecule has 96 valence electrons. The molecule has 3 nitrogen and oxygen atoms in total. The van der Waals surface area contributed by atoms with Gasteiger partial charge < -0.3 is 15.3 Å². The van der Waals surface area contributed by atoms with Gasteiger partial charge in [0.25, 0.3) is 0 Å². The average molecular weight is 228 g/mol. The summed E-state index contributed by atoms with van der Waals surface area (Å²) < 4.78 is 0. The quantitative estimate of drug-likeness (QED) is 0.748. The maximum absolute atomic E-state index is 9.83. The third-order valence-corrected chi connectivity index (χ3v) is 3.93. The van der Waals surface area contributed by atoms with Gasteiger partial charge in [0.05, 0.1) is 5.60 Å². The Morgan fingerprint density at radius 2 is 1.94 bits per heavy atom. The van der Waals surface area contributed by atoms with E-state index in [0.29, 0.717) is 0 Å². The first-order valence-corrected chi connectivity index (χ1v) is 6.61. The van der Waals surface area contributed by atoms with Gasteiger partial charge in [0.2, 0.25) is 0 Å². The lowest BCUT2D eigenvalue weighted by Gasteiger charge is -2.33. The number of piperidine rings is 1. The summed E-state index contributed by atoms with van der Waals surface area (Å²) in [7, 11) is 0. The Labute approximate surface area is 100 Å². The minimum Gasteiger partial charge on any atom is -0.389 e. The summed E-state index contributed by atoms with van der Waals surface area (Å²) in [6, 6.07) is 0.164. The highest BCUT2D eigenvalue weighted by Crippen LogP contribution is 2.17. The van der Waals surface area contributed by atoms with Crippen molar-refractivity contribution in [2.24, 2.45) is 5.92 Å². The van der Waals surface area contributed by atoms with Crippen LogP contribution in [0.2, 0.25) is 0 Å². The van der Waals surface area contributed by atoms with Crippen molar-refractivity contribution < 1.29 is 5.11 Å². The van der Waals surface area contributed by atoms with Gasteiger partial charge in [-0.05, 0) is 65.7 Å². The number of hydrogen-bond donors (Lipinski definition) is 2. The van der Waals surface area contributed by atoms with Gasteiger partial charge in [-0.3, -0.25) is 0 Å². The lowest BCUT2D eigenvalue weighted by molar-refractivity contribution is 0.0414. The maximum Gasteiger partial charge on any atom is 0.0741 e. The number of rotatable bonds is 5. The molecule has 16 heavy (non-hydrogen) atoms. The van der Waals surface area contributed by atoms with Crippen LogP contribution in [0.4, 0.5) is 0 Å². The molecule has 0 aromatic heterocycles. The average Bonchev–Trinajstić information content (AvgIpc) is 2.25. The van der Waals surface area contributed by atoms with Crippen molar-refractivity contribution in [1.82, 2.24) is 10.2 Å². The Hall–Kier alpha value is -0.120. The van der Waals surface area contributed by atoms with Crippen LogP contribution in [-0.2, 0) is 0 Å². The van der Waals surface area contributed by atoms with Crippen molar-refractivity contribution in [3.63, 3.8) is 0 Å². The number of nitrogens with one attached hydrogen (secondary N) is 1. The zero-order valence-corrected chi connectivity index (χ0v) is 11.3. The van der Waals surface area contributed by atoms with Crippen LogP contribution < -0.4 is 5.32 Å². The fraction of sp³-hybridized carbons (Fsp3) is 1.00. The standard InChI is InChI=1S/C13H28N2O/c1-5-15-8-6-12(7-9-15)10-14-11(2)13(3,4)16/h11-12,14,16H,5-10H2,1-4H3. The first kappa shape index (κ1) is 13.9. The molecule has 1 rings (SSSR count). The van der Waals surface area contributed by atoms with E-state index in [4.69, 9.17) is 0 Å². The van der Waals surface area contributed by atoms with Gasteiger partial charge in [-0.15, -0.1) is 0 Å². The largest absolute Gasteiger partial charge is 0.389 e. The Balaban J connectivity index is 2.20. The summed E-state index contributed by atoms with van der Waals surface area (Å²) in [5.74, 6) is 0.785. The van der Waals surface area contributed by atoms with E-state index >= 15 is 0 Å². The molecule has 0 saturated carbocycles. The van der Waals surface area contributed by atoms with Gasteiger partial charge in [0.15, 0.2) is 0 Å². The number of nitrogens with zero attached hydrogens (tertiary/aromatic N) is 1. The molecule has 1 heterocycles. The number of likely N-dealkylation sites (tertiary alicyclic amines) is 1. The molecule has 1 fully saturated rings. The molecule has 0 aromatic carbocycles. The van der Waals surface area contributed by atoms with Crippen LogP contribution in [0.3, 0.4) is 0 Å². The van der Waals surface area contributed by atoms with Gasteiger partial charge in [-0.1, -0.05) is 6.92 Å². The summed E-state index contributed by atoms with van der Waals surface area (Å²) >= 11 is 0. The summed E-state index contributed by atoms with van der Waals surface area (Å²) in [6.07, 6.45) is 2.58. The highest BCUT2D eigenvalue weighted by molar-refractivity contribution is 4.81. The first-order chi connectivity index (χ1) is 7.43. The van der Waals surface area contributed by atoms with Crippen LogP contribution >= 0.6 is 0 Å². The molecule has 0 radical (unpaired) electrons. The van der Waals surface area contributed by atoms with E-state index in [-0.39, 0.29) is 6.04 Å². The second kappa shape index (κ2) is 5.99. The molecule has 0 bridgehead atoms. The fourth-order valence-electron chi connectivity index (χ4n) is 2.10. The smallest absolute Gasteiger partial charge is 0.0741 e. The van der Waals surface area contributed by atoms with Gasteiger partial charge in [-0.25, -0.2) is 0 Å². The van der Waals surface area contributed by atoms with Crippen molar-refractivity contribution in [3.8, 4) is 0 Å². The fourth-order valence-corrected chi connectivity index (χ4v) is 2.10. The third kappa shape index (κ3) is 4.40. The summed E-state index contributed by atoms with van der Waals surface area (Å²) in [4.78, 5) is 2.51. The summed E-state index contributed by atoms with van der Waals surface area (Å²) in [6.45, 7) is 12.7. The first-order valence-electron chi connectivity index (χ1n) is 6.61. The summed E-state index contributed by atoms with van der Waals surface area (Å²) in [5.41, 5.74) is -0.621. The van der Waals surface area contributed by atoms with Crippen LogP contribution in [0.5, 0.6) is 0 Å².